The lowest BCUT2D eigenvalue weighted by atomic mass is 9.68. The van der Waals surface area contributed by atoms with E-state index >= 15 is 0 Å². The van der Waals surface area contributed by atoms with Crippen LogP contribution >= 0.6 is 0 Å². The van der Waals surface area contributed by atoms with Crippen molar-refractivity contribution in [2.24, 2.45) is 16.2 Å². The summed E-state index contributed by atoms with van der Waals surface area (Å²) in [6, 6.07) is 0. The summed E-state index contributed by atoms with van der Waals surface area (Å²) in [5.74, 6) is 0. The van der Waals surface area contributed by atoms with Crippen LogP contribution in [-0.2, 0) is 0 Å². The van der Waals surface area contributed by atoms with E-state index < -0.39 is 0 Å². The highest BCUT2D eigenvalue weighted by Gasteiger charge is 2.30. The monoisotopic (exact) mass is 214 g/mol. The Balaban J connectivity index is 0. The summed E-state index contributed by atoms with van der Waals surface area (Å²) in [5, 5.41) is 0. The van der Waals surface area contributed by atoms with Crippen LogP contribution in [0.1, 0.15) is 82.1 Å². The van der Waals surface area contributed by atoms with Crippen LogP contribution in [0.3, 0.4) is 0 Å². The van der Waals surface area contributed by atoms with Gasteiger partial charge in [-0.1, -0.05) is 82.1 Å². The Labute approximate surface area is 98.9 Å². The fourth-order valence-electron chi connectivity index (χ4n) is 0.530. The van der Waals surface area contributed by atoms with Gasteiger partial charge in [-0.15, -0.1) is 0 Å². The molecule has 94 valence electrons. The zero-order chi connectivity index (χ0) is 12.9. The highest BCUT2D eigenvalue weighted by molar-refractivity contribution is 4.80. The van der Waals surface area contributed by atoms with E-state index in [1.807, 2.05) is 0 Å². The van der Waals surface area contributed by atoms with E-state index in [2.05, 4.69) is 69.2 Å². The second-order valence-corrected chi connectivity index (χ2v) is 7.40. The highest BCUT2D eigenvalue weighted by atomic mass is 14.3. The van der Waals surface area contributed by atoms with E-state index in [0.717, 1.165) is 0 Å². The minimum absolute atomic E-state index is 0.446. The van der Waals surface area contributed by atoms with Gasteiger partial charge in [-0.05, 0) is 16.2 Å². The molecule has 0 bridgehead atoms. The molecule has 0 aliphatic carbocycles. The second-order valence-electron chi connectivity index (χ2n) is 7.40. The normalized spacial score (nSPS) is 13.2. The van der Waals surface area contributed by atoms with E-state index in [4.69, 9.17) is 0 Å². The standard InChI is InChI=1S/C9H20.C6H14/c1-7-9(5,6)8(2,3)4;1-5-6(2,3)4/h7H2,1-6H3;5H2,1-4H3. The maximum atomic E-state index is 2.33. The maximum absolute atomic E-state index is 2.33. The molecule has 0 aromatic carbocycles. The summed E-state index contributed by atoms with van der Waals surface area (Å²) in [7, 11) is 0. The van der Waals surface area contributed by atoms with Crippen molar-refractivity contribution in [3.63, 3.8) is 0 Å². The summed E-state index contributed by atoms with van der Waals surface area (Å²) < 4.78 is 0. The van der Waals surface area contributed by atoms with Crippen LogP contribution in [-0.4, -0.2) is 0 Å². The molecule has 0 heteroatoms. The molecule has 0 radical (unpaired) electrons. The summed E-state index contributed by atoms with van der Waals surface area (Å²) in [6.07, 6.45) is 2.53. The molecule has 0 fully saturated rings. The van der Waals surface area contributed by atoms with Crippen molar-refractivity contribution < 1.29 is 0 Å². The molecule has 0 aliphatic heterocycles. The molecule has 0 unspecified atom stereocenters. The number of rotatable bonds is 1. The summed E-state index contributed by atoms with van der Waals surface area (Å²) in [6.45, 7) is 22.8. The van der Waals surface area contributed by atoms with Crippen LogP contribution < -0.4 is 0 Å². The van der Waals surface area contributed by atoms with Crippen molar-refractivity contribution in [1.82, 2.24) is 0 Å². The van der Waals surface area contributed by atoms with Crippen molar-refractivity contribution in [1.29, 1.82) is 0 Å². The van der Waals surface area contributed by atoms with Gasteiger partial charge in [0.2, 0.25) is 0 Å². The van der Waals surface area contributed by atoms with E-state index in [1.54, 1.807) is 0 Å². The van der Waals surface area contributed by atoms with Crippen LogP contribution in [0.4, 0.5) is 0 Å². The average molecular weight is 214 g/mol. The van der Waals surface area contributed by atoms with Crippen molar-refractivity contribution in [3.05, 3.63) is 0 Å². The molecule has 0 amide bonds. The van der Waals surface area contributed by atoms with E-state index in [9.17, 15) is 0 Å². The fourth-order valence-corrected chi connectivity index (χ4v) is 0.530. The van der Waals surface area contributed by atoms with Crippen LogP contribution in [0, 0.1) is 16.2 Å². The maximum Gasteiger partial charge on any atom is -0.0308 e. The quantitative estimate of drug-likeness (QED) is 0.509. The molecule has 0 N–H and O–H groups in total. The molecule has 0 heterocycles. The van der Waals surface area contributed by atoms with Crippen molar-refractivity contribution in [3.8, 4) is 0 Å². The van der Waals surface area contributed by atoms with E-state index in [0.29, 0.717) is 16.2 Å². The van der Waals surface area contributed by atoms with Gasteiger partial charge >= 0.3 is 0 Å². The molecule has 0 nitrogen and oxygen atoms in total. The smallest absolute Gasteiger partial charge is 0.0308 e. The Morgan fingerprint density at radius 2 is 0.867 bits per heavy atom. The highest BCUT2D eigenvalue weighted by Crippen LogP contribution is 2.40. The van der Waals surface area contributed by atoms with Crippen molar-refractivity contribution in [2.45, 2.75) is 82.1 Å². The summed E-state index contributed by atoms with van der Waals surface area (Å²) in [5.41, 5.74) is 1.47. The molecule has 0 saturated heterocycles. The second kappa shape index (κ2) is 5.92. The van der Waals surface area contributed by atoms with Crippen LogP contribution in [0.25, 0.3) is 0 Å². The molecule has 0 rings (SSSR count). The Hall–Kier alpha value is 0. The predicted molar refractivity (Wildman–Crippen MR) is 73.3 cm³/mol. The molecule has 0 aliphatic rings. The van der Waals surface area contributed by atoms with Gasteiger partial charge in [0, 0.05) is 0 Å². The molecule has 15 heavy (non-hydrogen) atoms. The summed E-state index contributed by atoms with van der Waals surface area (Å²) in [4.78, 5) is 0. The van der Waals surface area contributed by atoms with Crippen LogP contribution in [0.2, 0.25) is 0 Å². The predicted octanol–water partition coefficient (Wildman–Crippen LogP) is 5.91. The van der Waals surface area contributed by atoms with Gasteiger partial charge < -0.3 is 0 Å². The lowest BCUT2D eigenvalue weighted by molar-refractivity contribution is 0.126. The Bertz CT molecular complexity index is 150. The molecule has 0 aromatic heterocycles. The first-order chi connectivity index (χ1) is 6.37. The average Bonchev–Trinajstić information content (AvgIpc) is 2.02. The van der Waals surface area contributed by atoms with E-state index in [-0.39, 0.29) is 0 Å². The van der Waals surface area contributed by atoms with Crippen LogP contribution in [0.5, 0.6) is 0 Å². The van der Waals surface area contributed by atoms with Gasteiger partial charge in [-0.3, -0.25) is 0 Å². The fraction of sp³-hybridized carbons (Fsp3) is 1.00. The zero-order valence-corrected chi connectivity index (χ0v) is 12.9. The van der Waals surface area contributed by atoms with Gasteiger partial charge in [-0.25, -0.2) is 0 Å². The molecular weight excluding hydrogens is 180 g/mol. The topological polar surface area (TPSA) is 0 Å². The van der Waals surface area contributed by atoms with Crippen molar-refractivity contribution >= 4 is 0 Å². The molecule has 0 spiro atoms. The largest absolute Gasteiger partial charge is 0.0649 e. The lowest BCUT2D eigenvalue weighted by Crippen LogP contribution is -2.28. The Kier molecular flexibility index (Phi) is 6.86. The number of hydrogen-bond acceptors (Lipinski definition) is 0. The Morgan fingerprint density at radius 1 is 0.600 bits per heavy atom. The van der Waals surface area contributed by atoms with Gasteiger partial charge in [-0.2, -0.15) is 0 Å². The van der Waals surface area contributed by atoms with Crippen LogP contribution in [0.15, 0.2) is 0 Å². The Morgan fingerprint density at radius 3 is 0.867 bits per heavy atom. The van der Waals surface area contributed by atoms with Crippen molar-refractivity contribution in [2.75, 3.05) is 0 Å². The minimum Gasteiger partial charge on any atom is -0.0649 e. The molecular formula is C15H34. The third kappa shape index (κ3) is 8.96. The molecule has 0 aromatic rings. The molecule has 0 saturated carbocycles. The lowest BCUT2D eigenvalue weighted by Gasteiger charge is -2.37. The first-order valence-corrected chi connectivity index (χ1v) is 6.37. The third-order valence-electron chi connectivity index (χ3n) is 3.97. The number of hydrogen-bond donors (Lipinski definition) is 0. The summed E-state index contributed by atoms with van der Waals surface area (Å²) >= 11 is 0. The SMILES string of the molecule is CCC(C)(C)C.CCC(C)(C)C(C)(C)C. The van der Waals surface area contributed by atoms with Gasteiger partial charge in [0.05, 0.1) is 0 Å². The minimum atomic E-state index is 0.446. The third-order valence-corrected chi connectivity index (χ3v) is 3.97. The first-order valence-electron chi connectivity index (χ1n) is 6.37. The van der Waals surface area contributed by atoms with Gasteiger partial charge in [0.25, 0.3) is 0 Å². The van der Waals surface area contributed by atoms with Gasteiger partial charge in [0.1, 0.15) is 0 Å². The zero-order valence-electron chi connectivity index (χ0n) is 12.9. The molecule has 0 atom stereocenters. The first kappa shape index (κ1) is 17.4. The van der Waals surface area contributed by atoms with E-state index in [1.165, 1.54) is 12.8 Å². The van der Waals surface area contributed by atoms with Gasteiger partial charge in [0.15, 0.2) is 0 Å².